The third-order valence-electron chi connectivity index (χ3n) is 3.29. The summed E-state index contributed by atoms with van der Waals surface area (Å²) in [6, 6.07) is 6.43. The zero-order valence-electron chi connectivity index (χ0n) is 10.6. The molecule has 0 aliphatic carbocycles. The van der Waals surface area contributed by atoms with Crippen molar-refractivity contribution in [2.75, 3.05) is 0 Å². The summed E-state index contributed by atoms with van der Waals surface area (Å²) >= 11 is 0. The van der Waals surface area contributed by atoms with Gasteiger partial charge in [-0.15, -0.1) is 0 Å². The summed E-state index contributed by atoms with van der Waals surface area (Å²) in [4.78, 5) is 16.5. The molecule has 2 aromatic heterocycles. The highest BCUT2D eigenvalue weighted by molar-refractivity contribution is 5.77. The van der Waals surface area contributed by atoms with Crippen LogP contribution in [0.1, 0.15) is 11.3 Å². The molecule has 0 aliphatic heterocycles. The Morgan fingerprint density at radius 3 is 2.68 bits per heavy atom. The topological polar surface area (TPSA) is 50.2 Å². The molecule has 96 valence electrons. The molecule has 5 heteroatoms. The lowest BCUT2D eigenvalue weighted by atomic mass is 10.1. The Kier molecular flexibility index (Phi) is 2.48. The molecule has 0 saturated carbocycles. The number of hydrogen-bond acceptors (Lipinski definition) is 2. The van der Waals surface area contributed by atoms with E-state index < -0.39 is 0 Å². The monoisotopic (exact) mass is 257 g/mol. The number of nitrogens with zero attached hydrogens (tertiary/aromatic N) is 2. The first-order valence-electron chi connectivity index (χ1n) is 5.92. The largest absolute Gasteiger partial charge is 0.296 e. The molecule has 3 aromatic rings. The fraction of sp³-hybridized carbons (Fsp3) is 0.143. The molecule has 3 rings (SSSR count). The van der Waals surface area contributed by atoms with Crippen molar-refractivity contribution in [3.8, 4) is 11.1 Å². The zero-order chi connectivity index (χ0) is 13.6. The van der Waals surface area contributed by atoms with Crippen molar-refractivity contribution in [3.05, 3.63) is 57.9 Å². The minimum Gasteiger partial charge on any atom is -0.296 e. The van der Waals surface area contributed by atoms with Gasteiger partial charge < -0.3 is 0 Å². The Labute approximate surface area is 108 Å². The third kappa shape index (κ3) is 1.66. The highest BCUT2D eigenvalue weighted by Gasteiger charge is 2.14. The van der Waals surface area contributed by atoms with Crippen LogP contribution in [0.2, 0.25) is 0 Å². The number of halogens is 1. The van der Waals surface area contributed by atoms with Gasteiger partial charge in [-0.25, -0.2) is 13.9 Å². The Bertz CT molecular complexity index is 832. The van der Waals surface area contributed by atoms with Crippen molar-refractivity contribution in [1.29, 1.82) is 0 Å². The number of rotatable bonds is 1. The SMILES string of the molecule is Cc1nc2c(-c3ccccc3F)c[nH]n2c(=O)c1C. The zero-order valence-corrected chi connectivity index (χ0v) is 10.6. The molecular weight excluding hydrogens is 245 g/mol. The molecule has 0 spiro atoms. The summed E-state index contributed by atoms with van der Waals surface area (Å²) in [5.74, 6) is -0.337. The van der Waals surface area contributed by atoms with Crippen molar-refractivity contribution in [2.45, 2.75) is 13.8 Å². The normalized spacial score (nSPS) is 11.1. The van der Waals surface area contributed by atoms with Gasteiger partial charge in [0.25, 0.3) is 5.56 Å². The number of aromatic amines is 1. The summed E-state index contributed by atoms with van der Waals surface area (Å²) < 4.78 is 15.2. The van der Waals surface area contributed by atoms with Gasteiger partial charge in [0.2, 0.25) is 0 Å². The van der Waals surface area contributed by atoms with Crippen molar-refractivity contribution in [1.82, 2.24) is 14.6 Å². The van der Waals surface area contributed by atoms with Gasteiger partial charge in [-0.3, -0.25) is 9.89 Å². The quantitative estimate of drug-likeness (QED) is 0.728. The summed E-state index contributed by atoms with van der Waals surface area (Å²) in [6.45, 7) is 3.50. The maximum absolute atomic E-state index is 13.8. The fourth-order valence-electron chi connectivity index (χ4n) is 2.08. The van der Waals surface area contributed by atoms with Crippen LogP contribution in [0.5, 0.6) is 0 Å². The molecule has 2 heterocycles. The molecule has 0 radical (unpaired) electrons. The number of aryl methyl sites for hydroxylation is 1. The van der Waals surface area contributed by atoms with Gasteiger partial charge in [0.05, 0.1) is 0 Å². The lowest BCUT2D eigenvalue weighted by Gasteiger charge is -2.03. The van der Waals surface area contributed by atoms with Gasteiger partial charge in [-0.2, -0.15) is 0 Å². The smallest absolute Gasteiger partial charge is 0.275 e. The average Bonchev–Trinajstić information content (AvgIpc) is 2.80. The Morgan fingerprint density at radius 1 is 1.21 bits per heavy atom. The van der Waals surface area contributed by atoms with Crippen molar-refractivity contribution < 1.29 is 4.39 Å². The summed E-state index contributed by atoms with van der Waals surface area (Å²) in [7, 11) is 0. The van der Waals surface area contributed by atoms with Gasteiger partial charge in [0, 0.05) is 28.6 Å². The van der Waals surface area contributed by atoms with E-state index in [0.29, 0.717) is 28.0 Å². The van der Waals surface area contributed by atoms with Gasteiger partial charge in [-0.1, -0.05) is 18.2 Å². The highest BCUT2D eigenvalue weighted by Crippen LogP contribution is 2.25. The molecule has 4 nitrogen and oxygen atoms in total. The van der Waals surface area contributed by atoms with Crippen LogP contribution < -0.4 is 5.56 Å². The van der Waals surface area contributed by atoms with E-state index in [1.54, 1.807) is 38.2 Å². The van der Waals surface area contributed by atoms with E-state index in [9.17, 15) is 9.18 Å². The summed E-state index contributed by atoms with van der Waals surface area (Å²) in [6.07, 6.45) is 1.60. The van der Waals surface area contributed by atoms with E-state index in [-0.39, 0.29) is 11.4 Å². The molecule has 1 N–H and O–H groups in total. The second-order valence-electron chi connectivity index (χ2n) is 4.45. The fourth-order valence-corrected chi connectivity index (χ4v) is 2.08. The predicted molar refractivity (Wildman–Crippen MR) is 70.7 cm³/mol. The minimum atomic E-state index is -0.337. The molecule has 0 amide bonds. The molecule has 0 atom stereocenters. The first-order valence-corrected chi connectivity index (χ1v) is 5.92. The van der Waals surface area contributed by atoms with Crippen LogP contribution in [0.4, 0.5) is 4.39 Å². The minimum absolute atomic E-state index is 0.162. The van der Waals surface area contributed by atoms with Crippen LogP contribution in [-0.2, 0) is 0 Å². The molecule has 0 aliphatic rings. The molecule has 0 bridgehead atoms. The summed E-state index contributed by atoms with van der Waals surface area (Å²) in [5, 5.41) is 2.83. The highest BCUT2D eigenvalue weighted by atomic mass is 19.1. The van der Waals surface area contributed by atoms with Gasteiger partial charge in [0.15, 0.2) is 5.65 Å². The number of nitrogens with one attached hydrogen (secondary N) is 1. The van der Waals surface area contributed by atoms with E-state index in [2.05, 4.69) is 10.1 Å². The predicted octanol–water partition coefficient (Wildman–Crippen LogP) is 2.45. The van der Waals surface area contributed by atoms with Crippen molar-refractivity contribution >= 4 is 5.65 Å². The van der Waals surface area contributed by atoms with Crippen molar-refractivity contribution in [3.63, 3.8) is 0 Å². The third-order valence-corrected chi connectivity index (χ3v) is 3.29. The Hall–Kier alpha value is -2.43. The molecule has 0 unspecified atom stereocenters. The van der Waals surface area contributed by atoms with Crippen LogP contribution in [0, 0.1) is 19.7 Å². The Morgan fingerprint density at radius 2 is 1.95 bits per heavy atom. The number of aromatic nitrogens is 3. The van der Waals surface area contributed by atoms with Crippen LogP contribution in [0.25, 0.3) is 16.8 Å². The molecule has 1 aromatic carbocycles. The number of H-pyrrole nitrogens is 1. The standard InChI is InChI=1S/C14H12FN3O/c1-8-9(2)17-13-11(7-16-18(13)14(8)19)10-5-3-4-6-12(10)15/h3-7,16H,1-2H3. The van der Waals surface area contributed by atoms with E-state index in [1.165, 1.54) is 10.6 Å². The van der Waals surface area contributed by atoms with E-state index in [0.717, 1.165) is 0 Å². The van der Waals surface area contributed by atoms with Crippen LogP contribution >= 0.6 is 0 Å². The molecule has 0 saturated heterocycles. The lowest BCUT2D eigenvalue weighted by molar-refractivity contribution is 0.631. The van der Waals surface area contributed by atoms with Gasteiger partial charge in [-0.05, 0) is 19.9 Å². The van der Waals surface area contributed by atoms with E-state index >= 15 is 0 Å². The van der Waals surface area contributed by atoms with Crippen LogP contribution in [0.3, 0.4) is 0 Å². The van der Waals surface area contributed by atoms with Crippen LogP contribution in [0.15, 0.2) is 35.3 Å². The number of fused-ring (bicyclic) bond motifs is 1. The van der Waals surface area contributed by atoms with Crippen molar-refractivity contribution in [2.24, 2.45) is 0 Å². The molecule has 0 fully saturated rings. The molecule has 19 heavy (non-hydrogen) atoms. The maximum Gasteiger partial charge on any atom is 0.275 e. The van der Waals surface area contributed by atoms with Gasteiger partial charge in [0.1, 0.15) is 5.82 Å². The number of hydrogen-bond donors (Lipinski definition) is 1. The van der Waals surface area contributed by atoms with Gasteiger partial charge >= 0.3 is 0 Å². The van der Waals surface area contributed by atoms with E-state index in [4.69, 9.17) is 0 Å². The Balaban J connectivity index is 2.39. The maximum atomic E-state index is 13.8. The lowest BCUT2D eigenvalue weighted by Crippen LogP contribution is -2.19. The number of benzene rings is 1. The first kappa shape index (κ1) is 11.6. The second-order valence-corrected chi connectivity index (χ2v) is 4.45. The van der Waals surface area contributed by atoms with Crippen LogP contribution in [-0.4, -0.2) is 14.6 Å². The van der Waals surface area contributed by atoms with E-state index in [1.807, 2.05) is 0 Å². The first-order chi connectivity index (χ1) is 9.09. The average molecular weight is 257 g/mol. The second kappa shape index (κ2) is 4.05. The summed E-state index contributed by atoms with van der Waals surface area (Å²) in [5.41, 5.74) is 2.53. The molecular formula is C14H12FN3O.